The Kier molecular flexibility index (Phi) is 6.11. The first-order valence-corrected chi connectivity index (χ1v) is 8.89. The highest BCUT2D eigenvalue weighted by Gasteiger charge is 2.09. The van der Waals surface area contributed by atoms with Gasteiger partial charge >= 0.3 is 0 Å². The molecule has 3 aromatic rings. The molecule has 0 spiro atoms. The molecule has 0 aromatic heterocycles. The van der Waals surface area contributed by atoms with Gasteiger partial charge in [0.2, 0.25) is 0 Å². The van der Waals surface area contributed by atoms with Crippen LogP contribution in [0.15, 0.2) is 65.8 Å². The molecule has 0 heterocycles. The van der Waals surface area contributed by atoms with Crippen LogP contribution < -0.4 is 20.2 Å². The lowest BCUT2D eigenvalue weighted by atomic mass is 10.1. The molecule has 0 aliphatic carbocycles. The molecule has 2 N–H and O–H groups in total. The van der Waals surface area contributed by atoms with Gasteiger partial charge in [0.1, 0.15) is 11.5 Å². The van der Waals surface area contributed by atoms with Crippen molar-refractivity contribution in [3.05, 3.63) is 66.2 Å². The number of amides is 1. The predicted octanol–water partition coefficient (Wildman–Crippen LogP) is 3.81. The number of nitrogens with zero attached hydrogens (tertiary/aromatic N) is 1. The van der Waals surface area contributed by atoms with Crippen molar-refractivity contribution in [2.24, 2.45) is 5.10 Å². The second-order valence-corrected chi connectivity index (χ2v) is 6.21. The molecule has 144 valence electrons. The minimum atomic E-state index is -0.236. The van der Waals surface area contributed by atoms with Crippen molar-refractivity contribution in [1.82, 2.24) is 5.43 Å². The fourth-order valence-electron chi connectivity index (χ4n) is 2.82. The maximum atomic E-state index is 12.1. The summed E-state index contributed by atoms with van der Waals surface area (Å²) in [6.07, 6.45) is 0. The number of benzene rings is 3. The first-order chi connectivity index (χ1) is 13.6. The summed E-state index contributed by atoms with van der Waals surface area (Å²) in [5.41, 5.74) is 4.87. The molecule has 0 atom stereocenters. The van der Waals surface area contributed by atoms with Crippen molar-refractivity contribution < 1.29 is 14.3 Å². The summed E-state index contributed by atoms with van der Waals surface area (Å²) in [5, 5.41) is 9.57. The van der Waals surface area contributed by atoms with Gasteiger partial charge in [0.05, 0.1) is 26.5 Å². The minimum Gasteiger partial charge on any atom is -0.497 e. The number of fused-ring (bicyclic) bond motifs is 1. The van der Waals surface area contributed by atoms with Crippen LogP contribution in [0.25, 0.3) is 10.8 Å². The van der Waals surface area contributed by atoms with E-state index < -0.39 is 0 Å². The van der Waals surface area contributed by atoms with Gasteiger partial charge in [-0.05, 0) is 42.0 Å². The molecule has 0 radical (unpaired) electrons. The van der Waals surface area contributed by atoms with Crippen molar-refractivity contribution in [3.8, 4) is 11.5 Å². The van der Waals surface area contributed by atoms with Crippen molar-refractivity contribution in [1.29, 1.82) is 0 Å². The Morgan fingerprint density at radius 1 is 0.964 bits per heavy atom. The molecule has 0 fully saturated rings. The molecule has 0 saturated heterocycles. The average Bonchev–Trinajstić information content (AvgIpc) is 2.75. The smallest absolute Gasteiger partial charge is 0.259 e. The van der Waals surface area contributed by atoms with Crippen molar-refractivity contribution >= 4 is 28.1 Å². The van der Waals surface area contributed by atoms with E-state index in [0.29, 0.717) is 17.2 Å². The topological polar surface area (TPSA) is 72.0 Å². The zero-order valence-electron chi connectivity index (χ0n) is 16.2. The first-order valence-electron chi connectivity index (χ1n) is 8.89. The third kappa shape index (κ3) is 4.59. The van der Waals surface area contributed by atoms with Crippen molar-refractivity contribution in [3.63, 3.8) is 0 Å². The van der Waals surface area contributed by atoms with Crippen molar-refractivity contribution in [2.75, 3.05) is 26.1 Å². The summed E-state index contributed by atoms with van der Waals surface area (Å²) in [6.45, 7) is 1.93. The fourth-order valence-corrected chi connectivity index (χ4v) is 2.82. The Hall–Kier alpha value is -3.54. The lowest BCUT2D eigenvalue weighted by Crippen LogP contribution is -2.26. The number of methoxy groups -OCH3 is 2. The van der Waals surface area contributed by atoms with E-state index in [9.17, 15) is 4.79 Å². The van der Waals surface area contributed by atoms with Gasteiger partial charge in [0.25, 0.3) is 5.91 Å². The fraction of sp³-hybridized carbons (Fsp3) is 0.182. The number of hydrogen-bond donors (Lipinski definition) is 2. The predicted molar refractivity (Wildman–Crippen MR) is 112 cm³/mol. The normalized spacial score (nSPS) is 11.2. The molecule has 6 heteroatoms. The van der Waals surface area contributed by atoms with E-state index in [2.05, 4.69) is 21.9 Å². The zero-order valence-corrected chi connectivity index (χ0v) is 16.2. The van der Waals surface area contributed by atoms with Crippen molar-refractivity contribution in [2.45, 2.75) is 6.92 Å². The Bertz CT molecular complexity index is 1010. The van der Waals surface area contributed by atoms with Gasteiger partial charge in [-0.2, -0.15) is 5.10 Å². The molecule has 3 rings (SSSR count). The highest BCUT2D eigenvalue weighted by molar-refractivity contribution is 6.01. The van der Waals surface area contributed by atoms with Crippen LogP contribution in [0, 0.1) is 0 Å². The lowest BCUT2D eigenvalue weighted by Gasteiger charge is -2.10. The molecule has 0 aliphatic rings. The molecular formula is C22H23N3O3. The SMILES string of the molecule is COc1ccc(/C(C)=N/NC(=O)CNc2ccc3ccccc3c2)c(OC)c1. The second kappa shape index (κ2) is 8.90. The molecule has 28 heavy (non-hydrogen) atoms. The number of anilines is 1. The number of ether oxygens (including phenoxy) is 2. The quantitative estimate of drug-likeness (QED) is 0.485. The van der Waals surface area contributed by atoms with Gasteiger partial charge in [0.15, 0.2) is 0 Å². The zero-order chi connectivity index (χ0) is 19.9. The van der Waals surface area contributed by atoms with E-state index in [0.717, 1.165) is 22.0 Å². The Morgan fingerprint density at radius 2 is 1.75 bits per heavy atom. The van der Waals surface area contributed by atoms with Crippen LogP contribution in [0.2, 0.25) is 0 Å². The molecule has 0 saturated carbocycles. The Balaban J connectivity index is 1.61. The third-order valence-corrected chi connectivity index (χ3v) is 4.35. The molecule has 0 bridgehead atoms. The molecule has 3 aromatic carbocycles. The van der Waals surface area contributed by atoms with Crippen LogP contribution in [-0.2, 0) is 4.79 Å². The van der Waals surface area contributed by atoms with Gasteiger partial charge in [0, 0.05) is 17.3 Å². The van der Waals surface area contributed by atoms with Crippen LogP contribution in [0.1, 0.15) is 12.5 Å². The first kappa shape index (κ1) is 19.2. The highest BCUT2D eigenvalue weighted by Crippen LogP contribution is 2.25. The van der Waals surface area contributed by atoms with Crippen LogP contribution in [0.3, 0.4) is 0 Å². The molecule has 0 unspecified atom stereocenters. The van der Waals surface area contributed by atoms with Crippen LogP contribution >= 0.6 is 0 Å². The Labute approximate surface area is 164 Å². The van der Waals surface area contributed by atoms with Gasteiger partial charge in [-0.1, -0.05) is 30.3 Å². The number of carbonyl (C=O) groups excluding carboxylic acids is 1. The summed E-state index contributed by atoms with van der Waals surface area (Å²) in [6, 6.07) is 19.5. The molecule has 6 nitrogen and oxygen atoms in total. The van der Waals surface area contributed by atoms with E-state index in [-0.39, 0.29) is 12.5 Å². The number of carbonyl (C=O) groups is 1. The van der Waals surface area contributed by atoms with Gasteiger partial charge in [-0.25, -0.2) is 5.43 Å². The average molecular weight is 377 g/mol. The molecule has 0 aliphatic heterocycles. The second-order valence-electron chi connectivity index (χ2n) is 6.21. The number of hydrogen-bond acceptors (Lipinski definition) is 5. The van der Waals surface area contributed by atoms with Crippen LogP contribution in [-0.4, -0.2) is 32.4 Å². The maximum Gasteiger partial charge on any atom is 0.259 e. The summed E-state index contributed by atoms with van der Waals surface area (Å²) in [7, 11) is 3.18. The van der Waals surface area contributed by atoms with E-state index in [1.807, 2.05) is 48.5 Å². The largest absolute Gasteiger partial charge is 0.497 e. The number of nitrogens with one attached hydrogen (secondary N) is 2. The number of rotatable bonds is 7. The molecular weight excluding hydrogens is 354 g/mol. The van der Waals surface area contributed by atoms with Gasteiger partial charge in [-0.3, -0.25) is 4.79 Å². The monoisotopic (exact) mass is 377 g/mol. The summed E-state index contributed by atoms with van der Waals surface area (Å²) in [4.78, 5) is 12.1. The van der Waals surface area contributed by atoms with Crippen LogP contribution in [0.5, 0.6) is 11.5 Å². The highest BCUT2D eigenvalue weighted by atomic mass is 16.5. The summed E-state index contributed by atoms with van der Waals surface area (Å²) >= 11 is 0. The summed E-state index contributed by atoms with van der Waals surface area (Å²) < 4.78 is 10.6. The Morgan fingerprint density at radius 3 is 2.50 bits per heavy atom. The van der Waals surface area contributed by atoms with E-state index in [1.165, 1.54) is 0 Å². The van der Waals surface area contributed by atoms with Crippen LogP contribution in [0.4, 0.5) is 5.69 Å². The summed E-state index contributed by atoms with van der Waals surface area (Å²) in [5.74, 6) is 1.08. The van der Waals surface area contributed by atoms with E-state index in [4.69, 9.17) is 9.47 Å². The third-order valence-electron chi connectivity index (χ3n) is 4.35. The number of hydrazone groups is 1. The van der Waals surface area contributed by atoms with Gasteiger partial charge < -0.3 is 14.8 Å². The standard InChI is InChI=1S/C22H23N3O3/c1-15(20-11-10-19(27-2)13-21(20)28-3)24-25-22(26)14-23-18-9-8-16-6-4-5-7-17(16)12-18/h4-13,23H,14H2,1-3H3,(H,25,26)/b24-15+. The maximum absolute atomic E-state index is 12.1. The van der Waals surface area contributed by atoms with Gasteiger partial charge in [-0.15, -0.1) is 0 Å². The van der Waals surface area contributed by atoms with E-state index in [1.54, 1.807) is 27.2 Å². The molecule has 1 amide bonds. The minimum absolute atomic E-state index is 0.120. The van der Waals surface area contributed by atoms with E-state index >= 15 is 0 Å². The lowest BCUT2D eigenvalue weighted by molar-refractivity contribution is -0.119.